The van der Waals surface area contributed by atoms with Crippen molar-refractivity contribution < 1.29 is 31.8 Å². The third-order valence-corrected chi connectivity index (χ3v) is 5.14. The minimum absolute atomic E-state index is 0.0134. The summed E-state index contributed by atoms with van der Waals surface area (Å²) in [6.45, 7) is -1.40. The third-order valence-electron chi connectivity index (χ3n) is 5.14. The Hall–Kier alpha value is -2.92. The Morgan fingerprint density at radius 3 is 2.52 bits per heavy atom. The molecule has 0 radical (unpaired) electrons. The molecule has 7 nitrogen and oxygen atoms in total. The molecule has 0 amide bonds. The lowest BCUT2D eigenvalue weighted by molar-refractivity contribution is -0.201. The van der Waals surface area contributed by atoms with Crippen LogP contribution < -0.4 is 5.32 Å². The lowest BCUT2D eigenvalue weighted by atomic mass is 10.0. The monoisotopic (exact) mass is 440 g/mol. The van der Waals surface area contributed by atoms with Crippen molar-refractivity contribution in [1.82, 2.24) is 9.78 Å². The zero-order valence-corrected chi connectivity index (χ0v) is 17.0. The number of ether oxygens (including phenoxy) is 3. The molecule has 1 fully saturated rings. The van der Waals surface area contributed by atoms with Crippen LogP contribution in [0.2, 0.25) is 0 Å². The molecule has 2 aliphatic heterocycles. The Kier molecular flexibility index (Phi) is 5.26. The maximum atomic E-state index is 14.1. The number of hydrogen-bond acceptors (Lipinski definition) is 6. The number of hydrogen-bond donors (Lipinski definition) is 1. The molecule has 1 N–H and O–H groups in total. The third kappa shape index (κ3) is 4.02. The van der Waals surface area contributed by atoms with Gasteiger partial charge in [0.2, 0.25) is 5.72 Å². The van der Waals surface area contributed by atoms with E-state index in [2.05, 4.69) is 20.1 Å². The standard InChI is InChI=1S/C20H20F4N4O3/c1-19(31-18(23)24)8-15(29-3)11(9-25-19)14-7-16(27-28(14)2)20(10-30-20)26-17-12(21)5-4-6-13(17)22/h4-7,9,18,26H,8,10H2,1-3H3. The summed E-state index contributed by atoms with van der Waals surface area (Å²) in [5.41, 5.74) is -1.50. The van der Waals surface area contributed by atoms with Crippen molar-refractivity contribution in [2.75, 3.05) is 19.0 Å². The van der Waals surface area contributed by atoms with Crippen molar-refractivity contribution in [3.05, 3.63) is 53.0 Å². The summed E-state index contributed by atoms with van der Waals surface area (Å²) in [7, 11) is 3.08. The average molecular weight is 440 g/mol. The van der Waals surface area contributed by atoms with Crippen LogP contribution in [0.4, 0.5) is 23.2 Å². The van der Waals surface area contributed by atoms with Crippen LogP contribution in [-0.4, -0.2) is 42.0 Å². The van der Waals surface area contributed by atoms with Crippen LogP contribution in [0.3, 0.4) is 0 Å². The van der Waals surface area contributed by atoms with Gasteiger partial charge in [0.25, 0.3) is 0 Å². The summed E-state index contributed by atoms with van der Waals surface area (Å²) in [5.74, 6) is -1.13. The molecule has 2 aliphatic rings. The number of epoxide rings is 1. The highest BCUT2D eigenvalue weighted by Crippen LogP contribution is 2.41. The van der Waals surface area contributed by atoms with Gasteiger partial charge in [-0.25, -0.2) is 8.78 Å². The van der Waals surface area contributed by atoms with Gasteiger partial charge < -0.3 is 14.8 Å². The number of alkyl halides is 2. The SMILES string of the molecule is COC1=C(c2cc(C3(Nc4c(F)cccc4F)CO3)nn2C)C=NC(C)(OC(F)F)C1. The van der Waals surface area contributed by atoms with Crippen LogP contribution >= 0.6 is 0 Å². The Bertz CT molecular complexity index is 1040. The molecule has 1 saturated heterocycles. The number of benzene rings is 1. The van der Waals surface area contributed by atoms with E-state index < -0.39 is 29.7 Å². The second-order valence-electron chi connectivity index (χ2n) is 7.41. The van der Waals surface area contributed by atoms with Gasteiger partial charge in [-0.2, -0.15) is 13.9 Å². The van der Waals surface area contributed by atoms with E-state index in [1.165, 1.54) is 31.0 Å². The van der Waals surface area contributed by atoms with E-state index in [4.69, 9.17) is 9.47 Å². The van der Waals surface area contributed by atoms with Crippen molar-refractivity contribution >= 4 is 17.5 Å². The highest BCUT2D eigenvalue weighted by molar-refractivity contribution is 6.10. The summed E-state index contributed by atoms with van der Waals surface area (Å²) in [6, 6.07) is 5.20. The summed E-state index contributed by atoms with van der Waals surface area (Å²) in [4.78, 5) is 4.12. The number of dihydropyridines is 1. The van der Waals surface area contributed by atoms with Gasteiger partial charge in [-0.3, -0.25) is 14.4 Å². The number of allylic oxidation sites excluding steroid dienone is 1. The molecule has 0 aliphatic carbocycles. The van der Waals surface area contributed by atoms with Crippen LogP contribution in [0, 0.1) is 11.6 Å². The molecule has 11 heteroatoms. The number of para-hydroxylation sites is 1. The molecule has 2 aromatic rings. The van der Waals surface area contributed by atoms with Gasteiger partial charge in [-0.1, -0.05) is 6.07 Å². The fraction of sp³-hybridized carbons (Fsp3) is 0.400. The Labute approximate surface area is 175 Å². The molecule has 1 aromatic carbocycles. The number of aliphatic imine (C=N–C) groups is 1. The topological polar surface area (TPSA) is 73.2 Å². The number of nitrogens with one attached hydrogen (secondary N) is 1. The molecule has 0 spiro atoms. The normalized spacial score (nSPS) is 25.3. The van der Waals surface area contributed by atoms with Gasteiger partial charge in [0.15, 0.2) is 5.72 Å². The van der Waals surface area contributed by atoms with E-state index in [9.17, 15) is 17.6 Å². The summed E-state index contributed by atoms with van der Waals surface area (Å²) < 4.78 is 70.6. The molecular formula is C20H20F4N4O3. The summed E-state index contributed by atoms with van der Waals surface area (Å²) in [6.07, 6.45) is 1.37. The van der Waals surface area contributed by atoms with Crippen molar-refractivity contribution in [3.63, 3.8) is 0 Å². The number of anilines is 1. The van der Waals surface area contributed by atoms with E-state index >= 15 is 0 Å². The van der Waals surface area contributed by atoms with Gasteiger partial charge in [0.1, 0.15) is 35.4 Å². The smallest absolute Gasteiger partial charge is 0.347 e. The van der Waals surface area contributed by atoms with Crippen molar-refractivity contribution in [2.45, 2.75) is 31.4 Å². The van der Waals surface area contributed by atoms with Gasteiger partial charge in [0, 0.05) is 13.3 Å². The van der Waals surface area contributed by atoms with E-state index in [0.29, 0.717) is 22.7 Å². The molecule has 4 rings (SSSR count). The first kappa shape index (κ1) is 21.3. The number of aromatic nitrogens is 2. The van der Waals surface area contributed by atoms with Crippen LogP contribution in [0.25, 0.3) is 5.57 Å². The Morgan fingerprint density at radius 1 is 1.26 bits per heavy atom. The molecule has 31 heavy (non-hydrogen) atoms. The average Bonchev–Trinajstić information content (AvgIpc) is 3.38. The first-order chi connectivity index (χ1) is 14.7. The Morgan fingerprint density at radius 2 is 1.94 bits per heavy atom. The van der Waals surface area contributed by atoms with Crippen LogP contribution in [-0.2, 0) is 27.0 Å². The molecular weight excluding hydrogens is 420 g/mol. The Balaban J connectivity index is 1.65. The van der Waals surface area contributed by atoms with Crippen molar-refractivity contribution in [2.24, 2.45) is 12.0 Å². The van der Waals surface area contributed by atoms with E-state index in [1.54, 1.807) is 13.1 Å². The predicted molar refractivity (Wildman–Crippen MR) is 103 cm³/mol. The van der Waals surface area contributed by atoms with Gasteiger partial charge in [-0.05, 0) is 25.1 Å². The lowest BCUT2D eigenvalue weighted by Crippen LogP contribution is -2.32. The molecule has 166 valence electrons. The maximum absolute atomic E-state index is 14.1. The van der Waals surface area contributed by atoms with Crippen LogP contribution in [0.5, 0.6) is 0 Å². The molecule has 2 atom stereocenters. The highest BCUT2D eigenvalue weighted by atomic mass is 19.3. The summed E-state index contributed by atoms with van der Waals surface area (Å²) >= 11 is 0. The van der Waals surface area contributed by atoms with E-state index in [1.807, 2.05) is 0 Å². The number of methoxy groups -OCH3 is 1. The van der Waals surface area contributed by atoms with Gasteiger partial charge in [-0.15, -0.1) is 0 Å². The fourth-order valence-electron chi connectivity index (χ4n) is 3.46. The van der Waals surface area contributed by atoms with Crippen LogP contribution in [0.15, 0.2) is 35.0 Å². The van der Waals surface area contributed by atoms with Crippen molar-refractivity contribution in [1.29, 1.82) is 0 Å². The van der Waals surface area contributed by atoms with E-state index in [-0.39, 0.29) is 18.7 Å². The second-order valence-corrected chi connectivity index (χ2v) is 7.41. The van der Waals surface area contributed by atoms with Crippen molar-refractivity contribution in [3.8, 4) is 0 Å². The quantitative estimate of drug-likeness (QED) is 0.524. The zero-order valence-electron chi connectivity index (χ0n) is 17.0. The molecule has 0 saturated carbocycles. The van der Waals surface area contributed by atoms with Crippen LogP contribution in [0.1, 0.15) is 24.7 Å². The minimum atomic E-state index is -2.98. The predicted octanol–water partition coefficient (Wildman–Crippen LogP) is 3.78. The zero-order chi connectivity index (χ0) is 22.4. The number of halogens is 4. The second kappa shape index (κ2) is 7.65. The summed E-state index contributed by atoms with van der Waals surface area (Å²) in [5, 5.41) is 7.16. The first-order valence-electron chi connectivity index (χ1n) is 9.36. The van der Waals surface area contributed by atoms with Gasteiger partial charge in [0.05, 0.1) is 24.8 Å². The number of aryl methyl sites for hydroxylation is 1. The molecule has 1 aromatic heterocycles. The molecule has 2 unspecified atom stereocenters. The van der Waals surface area contributed by atoms with E-state index in [0.717, 1.165) is 12.1 Å². The lowest BCUT2D eigenvalue weighted by Gasteiger charge is -2.29. The minimum Gasteiger partial charge on any atom is -0.500 e. The highest BCUT2D eigenvalue weighted by Gasteiger charge is 2.50. The first-order valence-corrected chi connectivity index (χ1v) is 9.36. The number of rotatable bonds is 7. The molecule has 3 heterocycles. The largest absolute Gasteiger partial charge is 0.500 e. The number of nitrogens with zero attached hydrogens (tertiary/aromatic N) is 3. The molecule has 0 bridgehead atoms. The van der Waals surface area contributed by atoms with Gasteiger partial charge >= 0.3 is 6.61 Å². The maximum Gasteiger partial charge on any atom is 0.347 e. The fourth-order valence-corrected chi connectivity index (χ4v) is 3.46.